The standard InChI is InChI=1S/C48H54N8O8S/c57-43(51-34-16-17-41-33(29-34)30-42(65-41)48(60)52-39-14-6-4-12-37(39)46(58)53-40-15-7-8-19-49-47(40)59)18-21-61-23-25-63-27-28-64-26-24-62-22-20-56-45-35-10-2-1-9-32(35)31-50-38-13-5-3-11-36(38)44(45)54-55-56/h1-6,9-14,16-17,29-30,40,50,54-55H,7-8,15,18-28,31H2,(H,49,59)(H,51,57)(H,52,60)(H,53,58). The molecule has 65 heavy (non-hydrogen) atoms. The van der Waals surface area contributed by atoms with Crippen molar-refractivity contribution >= 4 is 73.5 Å². The maximum absolute atomic E-state index is 13.3. The molecule has 16 nitrogen and oxygen atoms in total. The molecular weight excluding hydrogens is 849 g/mol. The van der Waals surface area contributed by atoms with Crippen LogP contribution in [0.15, 0.2) is 97.1 Å². The van der Waals surface area contributed by atoms with Crippen LogP contribution in [0.25, 0.3) is 21.5 Å². The lowest BCUT2D eigenvalue weighted by molar-refractivity contribution is -0.122. The molecule has 4 aromatic carbocycles. The van der Waals surface area contributed by atoms with Gasteiger partial charge in [-0.3, -0.25) is 24.2 Å². The summed E-state index contributed by atoms with van der Waals surface area (Å²) in [4.78, 5) is 52.0. The minimum absolute atomic E-state index is 0.165. The number of anilines is 3. The number of hydrazine groups is 2. The Labute approximate surface area is 381 Å². The second-order valence-corrected chi connectivity index (χ2v) is 16.7. The van der Waals surface area contributed by atoms with Crippen LogP contribution < -0.4 is 37.5 Å². The van der Waals surface area contributed by atoms with Gasteiger partial charge in [0.25, 0.3) is 11.8 Å². The third kappa shape index (κ3) is 11.9. The van der Waals surface area contributed by atoms with E-state index in [0.29, 0.717) is 82.0 Å². The minimum Gasteiger partial charge on any atom is -0.380 e. The van der Waals surface area contributed by atoms with Crippen molar-refractivity contribution in [3.8, 4) is 0 Å². The maximum atomic E-state index is 13.3. The highest BCUT2D eigenvalue weighted by Gasteiger charge is 2.29. The number of carbonyl (C=O) groups excluding carboxylic acids is 4. The zero-order chi connectivity index (χ0) is 44.8. The highest BCUT2D eigenvalue weighted by molar-refractivity contribution is 7.20. The Hall–Kier alpha value is -6.34. The molecule has 1 atom stereocenters. The van der Waals surface area contributed by atoms with E-state index in [1.165, 1.54) is 22.5 Å². The van der Waals surface area contributed by atoms with Crippen molar-refractivity contribution in [3.05, 3.63) is 124 Å². The van der Waals surface area contributed by atoms with Gasteiger partial charge in [-0.1, -0.05) is 54.6 Å². The topological polar surface area (TPSA) is 193 Å². The van der Waals surface area contributed by atoms with Crippen molar-refractivity contribution in [2.75, 3.05) is 81.9 Å². The number of rotatable bonds is 20. The van der Waals surface area contributed by atoms with E-state index in [-0.39, 0.29) is 36.3 Å². The average molecular weight is 903 g/mol. The molecule has 4 heterocycles. The molecule has 3 aliphatic heterocycles. The summed E-state index contributed by atoms with van der Waals surface area (Å²) < 4.78 is 23.7. The molecule has 0 spiro atoms. The van der Waals surface area contributed by atoms with E-state index in [9.17, 15) is 19.2 Å². The lowest BCUT2D eigenvalue weighted by Crippen LogP contribution is -2.45. The van der Waals surface area contributed by atoms with Crippen LogP contribution in [0.5, 0.6) is 0 Å². The number of hydrogen-bond acceptors (Lipinski definition) is 13. The van der Waals surface area contributed by atoms with Crippen LogP contribution in [0.3, 0.4) is 0 Å². The fourth-order valence-corrected chi connectivity index (χ4v) is 8.73. The number of hydrogen-bond donors (Lipinski definition) is 7. The van der Waals surface area contributed by atoms with E-state index in [2.05, 4.69) is 79.0 Å². The molecule has 0 saturated carbocycles. The monoisotopic (exact) mass is 902 g/mol. The quantitative estimate of drug-likeness (QED) is 0.0471. The van der Waals surface area contributed by atoms with Crippen LogP contribution in [0.2, 0.25) is 0 Å². The molecule has 17 heteroatoms. The second kappa shape index (κ2) is 22.5. The van der Waals surface area contributed by atoms with Gasteiger partial charge in [0.05, 0.1) is 93.3 Å². The largest absolute Gasteiger partial charge is 0.380 e. The number of fused-ring (bicyclic) bond motifs is 5. The number of carbonyl (C=O) groups is 4. The van der Waals surface area contributed by atoms with Crippen LogP contribution in [0.4, 0.5) is 17.1 Å². The third-order valence-corrected chi connectivity index (χ3v) is 12.2. The number of amides is 4. The maximum Gasteiger partial charge on any atom is 0.265 e. The SMILES string of the molecule is O=C(CCOCCOCCOCCOCCN1NNC2=C1c1ccccc1CNc1ccccc12)Nc1ccc2sc(C(=O)Nc3ccccc3C(=O)NC3CCCCNC3=O)cc2c1. The zero-order valence-corrected chi connectivity index (χ0v) is 36.9. The van der Waals surface area contributed by atoms with Crippen molar-refractivity contribution in [2.45, 2.75) is 38.3 Å². The van der Waals surface area contributed by atoms with E-state index in [1.807, 2.05) is 24.3 Å². The van der Waals surface area contributed by atoms with Crippen LogP contribution >= 0.6 is 11.3 Å². The summed E-state index contributed by atoms with van der Waals surface area (Å²) in [5, 5.41) is 17.8. The average Bonchev–Trinajstić information content (AvgIpc) is 3.88. The summed E-state index contributed by atoms with van der Waals surface area (Å²) in [7, 11) is 0. The number of thiophene rings is 1. The Morgan fingerprint density at radius 3 is 2.28 bits per heavy atom. The lowest BCUT2D eigenvalue weighted by Gasteiger charge is -2.24. The predicted octanol–water partition coefficient (Wildman–Crippen LogP) is 5.72. The van der Waals surface area contributed by atoms with Crippen molar-refractivity contribution in [1.82, 2.24) is 26.6 Å². The van der Waals surface area contributed by atoms with Gasteiger partial charge in [-0.25, -0.2) is 0 Å². The molecule has 0 radical (unpaired) electrons. The molecule has 0 aliphatic carbocycles. The molecule has 0 bridgehead atoms. The van der Waals surface area contributed by atoms with Crippen molar-refractivity contribution in [3.63, 3.8) is 0 Å². The smallest absolute Gasteiger partial charge is 0.265 e. The van der Waals surface area contributed by atoms with Gasteiger partial charge in [0, 0.05) is 40.3 Å². The van der Waals surface area contributed by atoms with Crippen molar-refractivity contribution in [2.24, 2.45) is 0 Å². The zero-order valence-electron chi connectivity index (χ0n) is 36.0. The Balaban J connectivity index is 0.678. The van der Waals surface area contributed by atoms with E-state index in [4.69, 9.17) is 18.9 Å². The first-order valence-corrected chi connectivity index (χ1v) is 22.8. The molecule has 1 unspecified atom stereocenters. The van der Waals surface area contributed by atoms with Gasteiger partial charge < -0.3 is 51.0 Å². The van der Waals surface area contributed by atoms with E-state index in [1.54, 1.807) is 36.4 Å². The highest BCUT2D eigenvalue weighted by Crippen LogP contribution is 2.37. The molecular formula is C48H54N8O8S. The first-order valence-electron chi connectivity index (χ1n) is 22.0. The van der Waals surface area contributed by atoms with Gasteiger partial charge in [-0.05, 0) is 72.7 Å². The van der Waals surface area contributed by atoms with Gasteiger partial charge in [-0.2, -0.15) is 0 Å². The van der Waals surface area contributed by atoms with Crippen LogP contribution in [0, 0.1) is 0 Å². The van der Waals surface area contributed by atoms with Gasteiger partial charge in [0.2, 0.25) is 11.8 Å². The number of benzene rings is 4. The highest BCUT2D eigenvalue weighted by atomic mass is 32.1. The van der Waals surface area contributed by atoms with Gasteiger partial charge in [-0.15, -0.1) is 16.9 Å². The van der Waals surface area contributed by atoms with E-state index >= 15 is 0 Å². The molecule has 5 aromatic rings. The summed E-state index contributed by atoms with van der Waals surface area (Å²) >= 11 is 1.30. The fourth-order valence-electron chi connectivity index (χ4n) is 7.79. The number of nitrogens with zero attached hydrogens (tertiary/aromatic N) is 1. The minimum atomic E-state index is -0.626. The first-order chi connectivity index (χ1) is 31.9. The van der Waals surface area contributed by atoms with E-state index in [0.717, 1.165) is 52.1 Å². The second-order valence-electron chi connectivity index (χ2n) is 15.6. The molecule has 340 valence electrons. The summed E-state index contributed by atoms with van der Waals surface area (Å²) in [5.41, 5.74) is 14.6. The Morgan fingerprint density at radius 1 is 0.723 bits per heavy atom. The van der Waals surface area contributed by atoms with Crippen molar-refractivity contribution in [1.29, 1.82) is 0 Å². The normalized spacial score (nSPS) is 15.6. The molecule has 1 fully saturated rings. The van der Waals surface area contributed by atoms with Gasteiger partial charge in [0.15, 0.2) is 0 Å². The lowest BCUT2D eigenvalue weighted by atomic mass is 9.97. The Bertz CT molecular complexity index is 2510. The van der Waals surface area contributed by atoms with Crippen LogP contribution in [-0.4, -0.2) is 101 Å². The van der Waals surface area contributed by atoms with Gasteiger partial charge >= 0.3 is 0 Å². The van der Waals surface area contributed by atoms with Crippen LogP contribution in [0.1, 0.15) is 62.4 Å². The molecule has 1 saturated heterocycles. The van der Waals surface area contributed by atoms with Crippen LogP contribution in [-0.2, 0) is 35.1 Å². The van der Waals surface area contributed by atoms with E-state index < -0.39 is 11.9 Å². The fraction of sp³-hybridized carbons (Fsp3) is 0.333. The first kappa shape index (κ1) is 45.2. The number of ether oxygens (including phenoxy) is 4. The molecule has 3 aliphatic rings. The number of para-hydroxylation sites is 2. The molecule has 7 N–H and O–H groups in total. The Morgan fingerprint density at radius 2 is 1.45 bits per heavy atom. The third-order valence-electron chi connectivity index (χ3n) is 11.1. The molecule has 8 rings (SSSR count). The summed E-state index contributed by atoms with van der Waals surface area (Å²) in [6, 6.07) is 30.0. The molecule has 1 aromatic heterocycles. The molecule has 4 amide bonds. The van der Waals surface area contributed by atoms with Crippen molar-refractivity contribution < 1.29 is 38.1 Å². The summed E-state index contributed by atoms with van der Waals surface area (Å²) in [6.45, 7) is 5.20. The summed E-state index contributed by atoms with van der Waals surface area (Å²) in [6.07, 6.45) is 2.41. The number of nitrogens with one attached hydrogen (secondary N) is 7. The Kier molecular flexibility index (Phi) is 15.7. The summed E-state index contributed by atoms with van der Waals surface area (Å²) in [5.74, 6) is -1.21. The van der Waals surface area contributed by atoms with Gasteiger partial charge in [0.1, 0.15) is 6.04 Å². The predicted molar refractivity (Wildman–Crippen MR) is 251 cm³/mol.